The summed E-state index contributed by atoms with van der Waals surface area (Å²) in [5.74, 6) is 0.0873. The molecule has 1 N–H and O–H groups in total. The maximum Gasteiger partial charge on any atom is 0.222 e. The molecule has 0 aromatic carbocycles. The van der Waals surface area contributed by atoms with Crippen LogP contribution in [0, 0.1) is 0 Å². The van der Waals surface area contributed by atoms with E-state index < -0.39 is 5.60 Å². The van der Waals surface area contributed by atoms with Crippen LogP contribution in [0.3, 0.4) is 0 Å². The van der Waals surface area contributed by atoms with Gasteiger partial charge in [-0.15, -0.1) is 0 Å². The Bertz CT molecular complexity index is 199. The lowest BCUT2D eigenvalue weighted by Gasteiger charge is -2.28. The third-order valence-corrected chi connectivity index (χ3v) is 2.20. The second kappa shape index (κ2) is 7.63. The van der Waals surface area contributed by atoms with Gasteiger partial charge in [-0.3, -0.25) is 4.79 Å². The highest BCUT2D eigenvalue weighted by Gasteiger charge is 2.20. The Morgan fingerprint density at radius 3 is 2.44 bits per heavy atom. The molecule has 96 valence electrons. The Balaban J connectivity index is 3.92. The van der Waals surface area contributed by atoms with Gasteiger partial charge in [0, 0.05) is 32.7 Å². The molecule has 0 heterocycles. The predicted molar refractivity (Wildman–Crippen MR) is 64.3 cm³/mol. The minimum atomic E-state index is -0.828. The third kappa shape index (κ3) is 7.65. The molecule has 4 nitrogen and oxygen atoms in total. The van der Waals surface area contributed by atoms with Crippen molar-refractivity contribution in [3.63, 3.8) is 0 Å². The van der Waals surface area contributed by atoms with Crippen molar-refractivity contribution in [3.8, 4) is 0 Å². The van der Waals surface area contributed by atoms with E-state index in [4.69, 9.17) is 4.74 Å². The topological polar surface area (TPSA) is 49.8 Å². The fourth-order valence-electron chi connectivity index (χ4n) is 1.47. The van der Waals surface area contributed by atoms with Crippen molar-refractivity contribution in [1.82, 2.24) is 4.90 Å². The molecule has 0 saturated heterocycles. The highest BCUT2D eigenvalue weighted by atomic mass is 16.5. The molecule has 0 aromatic rings. The van der Waals surface area contributed by atoms with Crippen LogP contribution in [0.1, 0.15) is 40.5 Å². The van der Waals surface area contributed by atoms with Gasteiger partial charge in [0.1, 0.15) is 0 Å². The number of nitrogens with zero attached hydrogens (tertiary/aromatic N) is 1. The van der Waals surface area contributed by atoms with Gasteiger partial charge in [0.2, 0.25) is 5.91 Å². The van der Waals surface area contributed by atoms with Crippen LogP contribution in [0.25, 0.3) is 0 Å². The van der Waals surface area contributed by atoms with E-state index in [0.717, 1.165) is 6.42 Å². The van der Waals surface area contributed by atoms with Gasteiger partial charge in [0.05, 0.1) is 5.60 Å². The van der Waals surface area contributed by atoms with Crippen LogP contribution in [-0.2, 0) is 9.53 Å². The first-order chi connectivity index (χ1) is 7.40. The van der Waals surface area contributed by atoms with E-state index in [1.807, 2.05) is 13.8 Å². The van der Waals surface area contributed by atoms with Crippen LogP contribution in [0.5, 0.6) is 0 Å². The van der Waals surface area contributed by atoms with Crippen LogP contribution in [-0.4, -0.2) is 47.8 Å². The van der Waals surface area contributed by atoms with Crippen LogP contribution in [0.15, 0.2) is 0 Å². The zero-order valence-electron chi connectivity index (χ0n) is 11.0. The van der Waals surface area contributed by atoms with Crippen LogP contribution in [0.2, 0.25) is 0 Å². The third-order valence-electron chi connectivity index (χ3n) is 2.20. The van der Waals surface area contributed by atoms with E-state index in [0.29, 0.717) is 32.7 Å². The van der Waals surface area contributed by atoms with Crippen molar-refractivity contribution in [3.05, 3.63) is 0 Å². The summed E-state index contributed by atoms with van der Waals surface area (Å²) in [6.07, 6.45) is 1.24. The molecule has 1 amide bonds. The van der Waals surface area contributed by atoms with E-state index in [-0.39, 0.29) is 5.91 Å². The number of carbonyl (C=O) groups is 1. The van der Waals surface area contributed by atoms with E-state index in [1.165, 1.54) is 0 Å². The summed E-state index contributed by atoms with van der Waals surface area (Å²) in [5, 5.41) is 9.66. The Morgan fingerprint density at radius 1 is 1.38 bits per heavy atom. The molecule has 16 heavy (non-hydrogen) atoms. The number of ether oxygens (including phenoxy) is 1. The van der Waals surface area contributed by atoms with Crippen LogP contribution < -0.4 is 0 Å². The molecule has 0 aromatic heterocycles. The molecule has 0 unspecified atom stereocenters. The van der Waals surface area contributed by atoms with E-state index in [9.17, 15) is 9.90 Å². The number of hydrogen-bond donors (Lipinski definition) is 1. The van der Waals surface area contributed by atoms with Crippen molar-refractivity contribution in [1.29, 1.82) is 0 Å². The first kappa shape index (κ1) is 15.4. The molecule has 0 spiro atoms. The number of rotatable bonds is 8. The lowest BCUT2D eigenvalue weighted by atomic mass is 10.1. The van der Waals surface area contributed by atoms with E-state index >= 15 is 0 Å². The quantitative estimate of drug-likeness (QED) is 0.643. The van der Waals surface area contributed by atoms with Gasteiger partial charge in [-0.1, -0.05) is 0 Å². The van der Waals surface area contributed by atoms with Gasteiger partial charge >= 0.3 is 0 Å². The zero-order chi connectivity index (χ0) is 12.6. The molecular formula is C12H25NO3. The van der Waals surface area contributed by atoms with Crippen molar-refractivity contribution in [2.75, 3.05) is 26.3 Å². The number of amides is 1. The van der Waals surface area contributed by atoms with Gasteiger partial charge in [0.25, 0.3) is 0 Å². The standard InChI is InChI=1S/C12H25NO3/c1-5-13(10-12(3,4)15)11(14)8-7-9-16-6-2/h15H,5-10H2,1-4H3. The van der Waals surface area contributed by atoms with Gasteiger partial charge in [0.15, 0.2) is 0 Å². The van der Waals surface area contributed by atoms with Crippen LogP contribution in [0.4, 0.5) is 0 Å². The molecule has 0 aliphatic heterocycles. The SMILES string of the molecule is CCOCCCC(=O)N(CC)CC(C)(C)O. The Hall–Kier alpha value is -0.610. The molecule has 0 radical (unpaired) electrons. The van der Waals surface area contributed by atoms with Gasteiger partial charge < -0.3 is 14.7 Å². The van der Waals surface area contributed by atoms with Gasteiger partial charge in [-0.25, -0.2) is 0 Å². The van der Waals surface area contributed by atoms with E-state index in [2.05, 4.69) is 0 Å². The van der Waals surface area contributed by atoms with Gasteiger partial charge in [-0.2, -0.15) is 0 Å². The summed E-state index contributed by atoms with van der Waals surface area (Å²) in [5.41, 5.74) is -0.828. The largest absolute Gasteiger partial charge is 0.389 e. The predicted octanol–water partition coefficient (Wildman–Crippen LogP) is 1.42. The summed E-state index contributed by atoms with van der Waals surface area (Å²) in [7, 11) is 0. The number of aliphatic hydroxyl groups is 1. The smallest absolute Gasteiger partial charge is 0.222 e. The Labute approximate surface area is 98.6 Å². The summed E-state index contributed by atoms with van der Waals surface area (Å²) in [6, 6.07) is 0. The molecule has 4 heteroatoms. The minimum Gasteiger partial charge on any atom is -0.389 e. The summed E-state index contributed by atoms with van der Waals surface area (Å²) in [4.78, 5) is 13.5. The number of likely N-dealkylation sites (N-methyl/N-ethyl adjacent to an activating group) is 1. The number of carbonyl (C=O) groups excluding carboxylic acids is 1. The van der Waals surface area contributed by atoms with Crippen molar-refractivity contribution < 1.29 is 14.6 Å². The molecule has 0 aliphatic rings. The van der Waals surface area contributed by atoms with Gasteiger partial charge in [-0.05, 0) is 34.1 Å². The first-order valence-corrected chi connectivity index (χ1v) is 5.98. The normalized spacial score (nSPS) is 11.6. The van der Waals surface area contributed by atoms with Crippen molar-refractivity contribution in [2.45, 2.75) is 46.1 Å². The molecular weight excluding hydrogens is 206 g/mol. The Kier molecular flexibility index (Phi) is 7.34. The highest BCUT2D eigenvalue weighted by Crippen LogP contribution is 2.07. The lowest BCUT2D eigenvalue weighted by molar-refractivity contribution is -0.134. The zero-order valence-corrected chi connectivity index (χ0v) is 11.0. The summed E-state index contributed by atoms with van der Waals surface area (Å²) in [6.45, 7) is 9.62. The molecule has 0 atom stereocenters. The highest BCUT2D eigenvalue weighted by molar-refractivity contribution is 5.76. The van der Waals surface area contributed by atoms with E-state index in [1.54, 1.807) is 18.7 Å². The number of hydrogen-bond acceptors (Lipinski definition) is 3. The fraction of sp³-hybridized carbons (Fsp3) is 0.917. The lowest BCUT2D eigenvalue weighted by Crippen LogP contribution is -2.42. The average molecular weight is 231 g/mol. The van der Waals surface area contributed by atoms with Crippen molar-refractivity contribution in [2.24, 2.45) is 0 Å². The molecule has 0 aliphatic carbocycles. The molecule has 0 rings (SSSR count). The maximum absolute atomic E-state index is 11.8. The maximum atomic E-state index is 11.8. The first-order valence-electron chi connectivity index (χ1n) is 5.98. The summed E-state index contributed by atoms with van der Waals surface area (Å²) >= 11 is 0. The second-order valence-corrected chi connectivity index (χ2v) is 4.52. The average Bonchev–Trinajstić information content (AvgIpc) is 2.19. The summed E-state index contributed by atoms with van der Waals surface area (Å²) < 4.78 is 5.18. The molecule has 0 saturated carbocycles. The second-order valence-electron chi connectivity index (χ2n) is 4.52. The van der Waals surface area contributed by atoms with Crippen LogP contribution >= 0.6 is 0 Å². The van der Waals surface area contributed by atoms with Crippen molar-refractivity contribution >= 4 is 5.91 Å². The molecule has 0 fully saturated rings. The fourth-order valence-corrected chi connectivity index (χ4v) is 1.47. The minimum absolute atomic E-state index is 0.0873. The monoisotopic (exact) mass is 231 g/mol. The Morgan fingerprint density at radius 2 is 2.00 bits per heavy atom. The molecule has 0 bridgehead atoms.